The van der Waals surface area contributed by atoms with Crippen LogP contribution in [0.1, 0.15) is 19.0 Å². The molecule has 2 aromatic rings. The minimum absolute atomic E-state index is 0.207. The molecule has 5 heteroatoms. The SMILES string of the molecule is CCc1cc(N(C)CCCO)n2nccc2n1. The summed E-state index contributed by atoms with van der Waals surface area (Å²) in [5.41, 5.74) is 1.93. The molecule has 0 unspecified atom stereocenters. The fraction of sp³-hybridized carbons (Fsp3) is 0.500. The molecule has 2 rings (SSSR count). The molecular formula is C12H18N4O. The number of hydrogen-bond donors (Lipinski definition) is 1. The summed E-state index contributed by atoms with van der Waals surface area (Å²) in [4.78, 5) is 6.60. The van der Waals surface area contributed by atoms with Crippen LogP contribution in [0.15, 0.2) is 18.3 Å². The molecule has 0 radical (unpaired) electrons. The van der Waals surface area contributed by atoms with Gasteiger partial charge in [-0.05, 0) is 12.8 Å². The molecule has 0 saturated carbocycles. The third-order valence-electron chi connectivity index (χ3n) is 2.80. The van der Waals surface area contributed by atoms with Crippen molar-refractivity contribution in [1.82, 2.24) is 14.6 Å². The van der Waals surface area contributed by atoms with E-state index in [1.165, 1.54) is 0 Å². The van der Waals surface area contributed by atoms with Crippen LogP contribution >= 0.6 is 0 Å². The van der Waals surface area contributed by atoms with Gasteiger partial charge in [0.1, 0.15) is 5.82 Å². The monoisotopic (exact) mass is 234 g/mol. The molecule has 17 heavy (non-hydrogen) atoms. The van der Waals surface area contributed by atoms with Crippen LogP contribution in [-0.4, -0.2) is 39.9 Å². The van der Waals surface area contributed by atoms with Gasteiger partial charge in [-0.1, -0.05) is 6.92 Å². The summed E-state index contributed by atoms with van der Waals surface area (Å²) >= 11 is 0. The summed E-state index contributed by atoms with van der Waals surface area (Å²) in [6.45, 7) is 3.10. The molecule has 0 aromatic carbocycles. The van der Waals surface area contributed by atoms with Gasteiger partial charge in [0.15, 0.2) is 5.65 Å². The van der Waals surface area contributed by atoms with Crippen molar-refractivity contribution in [3.05, 3.63) is 24.0 Å². The molecule has 2 heterocycles. The molecule has 92 valence electrons. The quantitative estimate of drug-likeness (QED) is 0.842. The van der Waals surface area contributed by atoms with Crippen LogP contribution in [0.25, 0.3) is 5.65 Å². The smallest absolute Gasteiger partial charge is 0.157 e. The van der Waals surface area contributed by atoms with E-state index in [0.717, 1.165) is 36.5 Å². The number of rotatable bonds is 5. The maximum atomic E-state index is 8.87. The second-order valence-electron chi connectivity index (χ2n) is 4.06. The highest BCUT2D eigenvalue weighted by Crippen LogP contribution is 2.16. The van der Waals surface area contributed by atoms with E-state index in [0.29, 0.717) is 0 Å². The molecule has 2 aromatic heterocycles. The van der Waals surface area contributed by atoms with E-state index in [-0.39, 0.29) is 6.61 Å². The fourth-order valence-electron chi connectivity index (χ4n) is 1.82. The number of nitrogens with zero attached hydrogens (tertiary/aromatic N) is 4. The van der Waals surface area contributed by atoms with Crippen LogP contribution in [0.5, 0.6) is 0 Å². The van der Waals surface area contributed by atoms with Crippen LogP contribution < -0.4 is 4.90 Å². The van der Waals surface area contributed by atoms with E-state index in [9.17, 15) is 0 Å². The zero-order valence-electron chi connectivity index (χ0n) is 10.3. The zero-order chi connectivity index (χ0) is 12.3. The number of aliphatic hydroxyl groups is 1. The van der Waals surface area contributed by atoms with Crippen molar-refractivity contribution in [2.24, 2.45) is 0 Å². The number of aliphatic hydroxyl groups excluding tert-OH is 1. The normalized spacial score (nSPS) is 11.0. The molecule has 0 saturated heterocycles. The Labute approximate surface area is 101 Å². The standard InChI is InChI=1S/C12H18N4O/c1-3-10-9-12(15(2)7-4-8-17)16-11(14-10)5-6-13-16/h5-6,9,17H,3-4,7-8H2,1-2H3. The van der Waals surface area contributed by atoms with Crippen LogP contribution in [0, 0.1) is 0 Å². The van der Waals surface area contributed by atoms with Gasteiger partial charge < -0.3 is 10.0 Å². The lowest BCUT2D eigenvalue weighted by Gasteiger charge is -2.20. The fourth-order valence-corrected chi connectivity index (χ4v) is 1.82. The van der Waals surface area contributed by atoms with Crippen molar-refractivity contribution in [2.75, 3.05) is 25.1 Å². The number of hydrogen-bond acceptors (Lipinski definition) is 4. The summed E-state index contributed by atoms with van der Waals surface area (Å²) < 4.78 is 1.83. The molecule has 0 amide bonds. The summed E-state index contributed by atoms with van der Waals surface area (Å²) in [6, 6.07) is 3.96. The largest absolute Gasteiger partial charge is 0.396 e. The zero-order valence-corrected chi connectivity index (χ0v) is 10.3. The van der Waals surface area contributed by atoms with Crippen molar-refractivity contribution >= 4 is 11.5 Å². The summed E-state index contributed by atoms with van der Waals surface area (Å²) in [6.07, 6.45) is 3.41. The Bertz CT molecular complexity index is 494. The van der Waals surface area contributed by atoms with E-state index in [4.69, 9.17) is 5.11 Å². The van der Waals surface area contributed by atoms with Gasteiger partial charge >= 0.3 is 0 Å². The Hall–Kier alpha value is -1.62. The second-order valence-corrected chi connectivity index (χ2v) is 4.06. The Morgan fingerprint density at radius 1 is 1.47 bits per heavy atom. The van der Waals surface area contributed by atoms with E-state index < -0.39 is 0 Å². The lowest BCUT2D eigenvalue weighted by atomic mass is 10.3. The topological polar surface area (TPSA) is 53.7 Å². The first kappa shape index (κ1) is 11.9. The van der Waals surface area contributed by atoms with Crippen LogP contribution in [0.4, 0.5) is 5.82 Å². The van der Waals surface area contributed by atoms with E-state index in [1.54, 1.807) is 6.20 Å². The minimum Gasteiger partial charge on any atom is -0.396 e. The van der Waals surface area contributed by atoms with Crippen LogP contribution in [0.2, 0.25) is 0 Å². The molecule has 5 nitrogen and oxygen atoms in total. The Balaban J connectivity index is 2.39. The second kappa shape index (κ2) is 5.14. The first-order valence-electron chi connectivity index (χ1n) is 5.92. The van der Waals surface area contributed by atoms with Gasteiger partial charge in [-0.15, -0.1) is 0 Å². The highest BCUT2D eigenvalue weighted by molar-refractivity contribution is 5.50. The maximum absolute atomic E-state index is 8.87. The van der Waals surface area contributed by atoms with Crippen molar-refractivity contribution in [2.45, 2.75) is 19.8 Å². The number of anilines is 1. The molecule has 0 atom stereocenters. The summed E-state index contributed by atoms with van der Waals surface area (Å²) in [7, 11) is 2.01. The lowest BCUT2D eigenvalue weighted by Crippen LogP contribution is -2.22. The first-order chi connectivity index (χ1) is 8.26. The lowest BCUT2D eigenvalue weighted by molar-refractivity contribution is 0.290. The molecule has 0 fully saturated rings. The molecule has 1 N–H and O–H groups in total. The number of fused-ring (bicyclic) bond motifs is 1. The Morgan fingerprint density at radius 2 is 2.29 bits per heavy atom. The van der Waals surface area contributed by atoms with Gasteiger partial charge in [0, 0.05) is 38.0 Å². The van der Waals surface area contributed by atoms with Crippen molar-refractivity contribution in [3.63, 3.8) is 0 Å². The summed E-state index contributed by atoms with van der Waals surface area (Å²) in [5, 5.41) is 13.1. The van der Waals surface area contributed by atoms with Crippen LogP contribution in [0.3, 0.4) is 0 Å². The minimum atomic E-state index is 0.207. The van der Waals surface area contributed by atoms with Gasteiger partial charge in [-0.2, -0.15) is 9.61 Å². The third kappa shape index (κ3) is 2.39. The molecule has 0 aliphatic carbocycles. The maximum Gasteiger partial charge on any atom is 0.157 e. The van der Waals surface area contributed by atoms with E-state index in [1.807, 2.05) is 17.6 Å². The third-order valence-corrected chi connectivity index (χ3v) is 2.80. The predicted molar refractivity (Wildman–Crippen MR) is 67.3 cm³/mol. The van der Waals surface area contributed by atoms with Crippen LogP contribution in [-0.2, 0) is 6.42 Å². The van der Waals surface area contributed by atoms with E-state index in [2.05, 4.69) is 28.0 Å². The predicted octanol–water partition coefficient (Wildman–Crippen LogP) is 1.11. The summed E-state index contributed by atoms with van der Waals surface area (Å²) in [5.74, 6) is 1.02. The van der Waals surface area contributed by atoms with Crippen molar-refractivity contribution < 1.29 is 5.11 Å². The first-order valence-corrected chi connectivity index (χ1v) is 5.92. The molecular weight excluding hydrogens is 216 g/mol. The average Bonchev–Trinajstić information content (AvgIpc) is 2.82. The number of aryl methyl sites for hydroxylation is 1. The van der Waals surface area contributed by atoms with Gasteiger partial charge in [-0.25, -0.2) is 4.98 Å². The highest BCUT2D eigenvalue weighted by Gasteiger charge is 2.09. The molecule has 0 aliphatic rings. The average molecular weight is 234 g/mol. The van der Waals surface area contributed by atoms with Gasteiger partial charge in [0.05, 0.1) is 6.20 Å². The van der Waals surface area contributed by atoms with Crippen molar-refractivity contribution in [3.8, 4) is 0 Å². The van der Waals surface area contributed by atoms with Gasteiger partial charge in [0.2, 0.25) is 0 Å². The van der Waals surface area contributed by atoms with E-state index >= 15 is 0 Å². The Kier molecular flexibility index (Phi) is 3.58. The molecule has 0 bridgehead atoms. The highest BCUT2D eigenvalue weighted by atomic mass is 16.3. The van der Waals surface area contributed by atoms with Gasteiger partial charge in [0.25, 0.3) is 0 Å². The Morgan fingerprint density at radius 3 is 3.00 bits per heavy atom. The molecule has 0 spiro atoms. The van der Waals surface area contributed by atoms with Gasteiger partial charge in [-0.3, -0.25) is 0 Å². The molecule has 0 aliphatic heterocycles. The number of aromatic nitrogens is 3. The van der Waals surface area contributed by atoms with Crippen molar-refractivity contribution in [1.29, 1.82) is 0 Å².